The fourth-order valence-electron chi connectivity index (χ4n) is 3.77. The molecule has 6 nitrogen and oxygen atoms in total. The summed E-state index contributed by atoms with van der Waals surface area (Å²) in [6.07, 6.45) is -0.536. The topological polar surface area (TPSA) is 62.1 Å². The summed E-state index contributed by atoms with van der Waals surface area (Å²) in [5, 5.41) is 8.57. The number of hydrogen-bond acceptors (Lipinski definition) is 4. The molecule has 0 saturated carbocycles. The highest BCUT2D eigenvalue weighted by Gasteiger charge is 2.37. The Labute approximate surface area is 142 Å². The summed E-state index contributed by atoms with van der Waals surface area (Å²) < 4.78 is 39.6. The zero-order valence-electron chi connectivity index (χ0n) is 13.8. The molecule has 0 aromatic carbocycles. The molecule has 4 rings (SSSR count). The second-order valence-corrected chi connectivity index (χ2v) is 6.62. The van der Waals surface area contributed by atoms with Crippen molar-refractivity contribution in [1.29, 1.82) is 0 Å². The van der Waals surface area contributed by atoms with E-state index in [1.165, 1.54) is 0 Å². The van der Waals surface area contributed by atoms with E-state index in [0.29, 0.717) is 18.7 Å². The molecule has 4 heterocycles. The highest BCUT2D eigenvalue weighted by molar-refractivity contribution is 5.74. The van der Waals surface area contributed by atoms with Crippen molar-refractivity contribution in [1.82, 2.24) is 29.5 Å². The lowest BCUT2D eigenvalue weighted by Gasteiger charge is -2.16. The maximum absolute atomic E-state index is 12.5. The number of aromatic nitrogens is 5. The molecule has 0 unspecified atom stereocenters. The van der Waals surface area contributed by atoms with Crippen LogP contribution < -0.4 is 0 Å². The second kappa shape index (κ2) is 5.98. The normalized spacial score (nSPS) is 22.4. The van der Waals surface area contributed by atoms with Crippen molar-refractivity contribution in [2.24, 2.45) is 5.92 Å². The van der Waals surface area contributed by atoms with Gasteiger partial charge in [-0.15, -0.1) is 10.2 Å². The molecule has 1 fully saturated rings. The highest BCUT2D eigenvalue weighted by Crippen LogP contribution is 2.35. The SMILES string of the molecule is CC[C@@H]1CN(CCC(F)(F)F)C[C@@H]1c1nnc2cnc3[nH]ccc3n12. The first kappa shape index (κ1) is 16.3. The van der Waals surface area contributed by atoms with E-state index in [-0.39, 0.29) is 18.4 Å². The lowest BCUT2D eigenvalue weighted by molar-refractivity contribution is -0.137. The molecule has 25 heavy (non-hydrogen) atoms. The van der Waals surface area contributed by atoms with E-state index < -0.39 is 12.6 Å². The lowest BCUT2D eigenvalue weighted by Crippen LogP contribution is -2.26. The minimum Gasteiger partial charge on any atom is -0.345 e. The largest absolute Gasteiger partial charge is 0.390 e. The van der Waals surface area contributed by atoms with Crippen LogP contribution in [0.1, 0.15) is 31.5 Å². The Morgan fingerprint density at radius 3 is 2.88 bits per heavy atom. The summed E-state index contributed by atoms with van der Waals surface area (Å²) in [7, 11) is 0. The lowest BCUT2D eigenvalue weighted by atomic mass is 9.93. The molecule has 0 spiro atoms. The first-order valence-corrected chi connectivity index (χ1v) is 8.42. The molecular weight excluding hydrogens is 333 g/mol. The number of aromatic amines is 1. The van der Waals surface area contributed by atoms with Crippen molar-refractivity contribution in [3.8, 4) is 0 Å². The van der Waals surface area contributed by atoms with Crippen molar-refractivity contribution in [2.45, 2.75) is 31.9 Å². The molecule has 1 N–H and O–H groups in total. The number of nitrogens with zero attached hydrogens (tertiary/aromatic N) is 5. The molecule has 1 aliphatic rings. The van der Waals surface area contributed by atoms with Gasteiger partial charge in [-0.2, -0.15) is 13.2 Å². The van der Waals surface area contributed by atoms with Crippen molar-refractivity contribution in [3.63, 3.8) is 0 Å². The quantitative estimate of drug-likeness (QED) is 0.784. The van der Waals surface area contributed by atoms with E-state index in [2.05, 4.69) is 27.1 Å². The summed E-state index contributed by atoms with van der Waals surface area (Å²) in [6, 6.07) is 1.92. The van der Waals surface area contributed by atoms with Crippen LogP contribution in [0.3, 0.4) is 0 Å². The third-order valence-electron chi connectivity index (χ3n) is 5.05. The predicted molar refractivity (Wildman–Crippen MR) is 86.3 cm³/mol. The van der Waals surface area contributed by atoms with E-state index in [1.54, 1.807) is 6.20 Å². The van der Waals surface area contributed by atoms with Gasteiger partial charge in [-0.1, -0.05) is 13.3 Å². The molecule has 0 amide bonds. The van der Waals surface area contributed by atoms with Crippen LogP contribution in [-0.2, 0) is 0 Å². The first-order valence-electron chi connectivity index (χ1n) is 8.42. The number of hydrogen-bond donors (Lipinski definition) is 1. The Balaban J connectivity index is 1.66. The second-order valence-electron chi connectivity index (χ2n) is 6.62. The van der Waals surface area contributed by atoms with Crippen molar-refractivity contribution < 1.29 is 13.2 Å². The minimum atomic E-state index is -4.12. The fourth-order valence-corrected chi connectivity index (χ4v) is 3.77. The van der Waals surface area contributed by atoms with Crippen molar-refractivity contribution in [2.75, 3.05) is 19.6 Å². The smallest absolute Gasteiger partial charge is 0.345 e. The Morgan fingerprint density at radius 2 is 2.12 bits per heavy atom. The van der Waals surface area contributed by atoms with E-state index in [1.807, 2.05) is 21.6 Å². The molecule has 1 saturated heterocycles. The predicted octanol–water partition coefficient (Wildman–Crippen LogP) is 2.98. The molecule has 0 radical (unpaired) electrons. The third kappa shape index (κ3) is 2.97. The van der Waals surface area contributed by atoms with Gasteiger partial charge < -0.3 is 9.88 Å². The van der Waals surface area contributed by atoms with E-state index in [0.717, 1.165) is 23.4 Å². The maximum atomic E-state index is 12.5. The zero-order valence-corrected chi connectivity index (χ0v) is 13.8. The van der Waals surface area contributed by atoms with E-state index >= 15 is 0 Å². The Morgan fingerprint density at radius 1 is 1.28 bits per heavy atom. The van der Waals surface area contributed by atoms with E-state index in [4.69, 9.17) is 0 Å². The molecule has 2 atom stereocenters. The summed E-state index contributed by atoms with van der Waals surface area (Å²) in [5.74, 6) is 1.14. The van der Waals surface area contributed by atoms with Gasteiger partial charge in [0.25, 0.3) is 0 Å². The van der Waals surface area contributed by atoms with E-state index in [9.17, 15) is 13.2 Å². The monoisotopic (exact) mass is 352 g/mol. The van der Waals surface area contributed by atoms with Gasteiger partial charge in [0, 0.05) is 31.7 Å². The summed E-state index contributed by atoms with van der Waals surface area (Å²) in [4.78, 5) is 9.26. The summed E-state index contributed by atoms with van der Waals surface area (Å²) in [6.45, 7) is 3.34. The number of H-pyrrole nitrogens is 1. The van der Waals surface area contributed by atoms with Gasteiger partial charge in [0.1, 0.15) is 5.82 Å². The average molecular weight is 352 g/mol. The van der Waals surface area contributed by atoms with Crippen LogP contribution in [-0.4, -0.2) is 55.3 Å². The molecule has 0 aliphatic carbocycles. The van der Waals surface area contributed by atoms with Crippen LogP contribution in [0.4, 0.5) is 13.2 Å². The van der Waals surface area contributed by atoms with Crippen LogP contribution in [0.25, 0.3) is 16.8 Å². The third-order valence-corrected chi connectivity index (χ3v) is 5.05. The number of alkyl halides is 3. The zero-order chi connectivity index (χ0) is 17.6. The summed E-state index contributed by atoms with van der Waals surface area (Å²) in [5.41, 5.74) is 2.29. The average Bonchev–Trinajstić information content (AvgIpc) is 3.27. The fraction of sp³-hybridized carbons (Fsp3) is 0.562. The molecule has 0 bridgehead atoms. The van der Waals surface area contributed by atoms with Crippen LogP contribution in [0, 0.1) is 5.92 Å². The van der Waals surface area contributed by atoms with Gasteiger partial charge >= 0.3 is 6.18 Å². The number of halogens is 3. The molecular formula is C16H19F3N6. The van der Waals surface area contributed by atoms with Crippen LogP contribution >= 0.6 is 0 Å². The van der Waals surface area contributed by atoms with Crippen LogP contribution in [0.15, 0.2) is 18.5 Å². The van der Waals surface area contributed by atoms with Crippen molar-refractivity contribution >= 4 is 16.8 Å². The molecule has 3 aromatic rings. The van der Waals surface area contributed by atoms with Crippen LogP contribution in [0.5, 0.6) is 0 Å². The Hall–Kier alpha value is -2.16. The van der Waals surface area contributed by atoms with Gasteiger partial charge in [0.2, 0.25) is 0 Å². The van der Waals surface area contributed by atoms with Gasteiger partial charge in [-0.25, -0.2) is 4.98 Å². The standard InChI is InChI=1S/C16H19F3N6/c1-2-10-8-24(6-4-16(17,18)19)9-11(10)15-23-22-13-7-21-14-12(25(13)15)3-5-20-14/h3,5,7,10-11,20H,2,4,6,8-9H2,1H3/t10-,11+/m1/s1. The summed E-state index contributed by atoms with van der Waals surface area (Å²) >= 11 is 0. The molecule has 9 heteroatoms. The molecule has 134 valence electrons. The van der Waals surface area contributed by atoms with Gasteiger partial charge in [-0.3, -0.25) is 4.40 Å². The highest BCUT2D eigenvalue weighted by atomic mass is 19.4. The van der Waals surface area contributed by atoms with Crippen LogP contribution in [0.2, 0.25) is 0 Å². The van der Waals surface area contributed by atoms with Gasteiger partial charge in [0.05, 0.1) is 18.1 Å². The Kier molecular flexibility index (Phi) is 3.90. The van der Waals surface area contributed by atoms with Gasteiger partial charge in [-0.05, 0) is 12.0 Å². The molecule has 1 aliphatic heterocycles. The number of likely N-dealkylation sites (tertiary alicyclic amines) is 1. The van der Waals surface area contributed by atoms with Gasteiger partial charge in [0.15, 0.2) is 11.3 Å². The minimum absolute atomic E-state index is 0.0361. The number of rotatable bonds is 4. The number of nitrogens with one attached hydrogen (secondary N) is 1. The Bertz CT molecular complexity index is 883. The maximum Gasteiger partial charge on any atom is 0.390 e. The number of fused-ring (bicyclic) bond motifs is 3. The van der Waals surface area contributed by atoms with Crippen molar-refractivity contribution in [3.05, 3.63) is 24.3 Å². The first-order chi connectivity index (χ1) is 12.0. The molecule has 3 aromatic heterocycles.